The van der Waals surface area contributed by atoms with Gasteiger partial charge in [-0.2, -0.15) is 0 Å². The molecule has 0 saturated heterocycles. The summed E-state index contributed by atoms with van der Waals surface area (Å²) in [7, 11) is 0. The van der Waals surface area contributed by atoms with Crippen molar-refractivity contribution in [2.24, 2.45) is 23.7 Å². The van der Waals surface area contributed by atoms with Crippen LogP contribution in [0.4, 0.5) is 0 Å². The van der Waals surface area contributed by atoms with Crippen LogP contribution in [0.25, 0.3) is 0 Å². The van der Waals surface area contributed by atoms with Gasteiger partial charge in [-0.1, -0.05) is 84.0 Å². The third-order valence-corrected chi connectivity index (χ3v) is 7.67. The molecule has 0 aliphatic heterocycles. The minimum atomic E-state index is -1.13. The normalized spacial score (nSPS) is 27.4. The van der Waals surface area contributed by atoms with E-state index in [0.29, 0.717) is 70.8 Å². The first-order valence-corrected chi connectivity index (χ1v) is 14.2. The fourth-order valence-electron chi connectivity index (χ4n) is 5.49. The highest BCUT2D eigenvalue weighted by Crippen LogP contribution is 2.30. The van der Waals surface area contributed by atoms with Gasteiger partial charge in [0.05, 0.1) is 29.8 Å². The van der Waals surface area contributed by atoms with E-state index in [1.807, 2.05) is 0 Å². The fraction of sp³-hybridized carbons (Fsp3) is 0.857. The number of unbranched alkanes of at least 4 members (excludes halogenated alkanes) is 3. The Morgan fingerprint density at radius 1 is 0.568 bits per heavy atom. The Labute approximate surface area is 221 Å². The third kappa shape index (κ3) is 12.8. The van der Waals surface area contributed by atoms with Gasteiger partial charge < -0.3 is 25.2 Å². The maximum atomic E-state index is 12.3. The molecule has 5 atom stereocenters. The maximum absolute atomic E-state index is 12.3. The molecule has 5 unspecified atom stereocenters. The van der Waals surface area contributed by atoms with E-state index in [1.165, 1.54) is 0 Å². The summed E-state index contributed by atoms with van der Waals surface area (Å²) in [6.45, 7) is 2.50. The lowest BCUT2D eigenvalue weighted by Crippen LogP contribution is -2.40. The predicted octanol–water partition coefficient (Wildman–Crippen LogP) is 5.84. The molecule has 4 N–H and O–H groups in total. The Morgan fingerprint density at radius 3 is 1.43 bits per heavy atom. The van der Waals surface area contributed by atoms with Gasteiger partial charge in [0.15, 0.2) is 0 Å². The summed E-state index contributed by atoms with van der Waals surface area (Å²) in [4.78, 5) is 48.0. The van der Waals surface area contributed by atoms with Crippen molar-refractivity contribution in [3.63, 3.8) is 0 Å². The second-order valence-electron chi connectivity index (χ2n) is 10.5. The molecule has 0 aromatic rings. The summed E-state index contributed by atoms with van der Waals surface area (Å²) in [5.41, 5.74) is 0. The molecule has 0 amide bonds. The Morgan fingerprint density at radius 2 is 1.00 bits per heavy atom. The molecule has 0 heterocycles. The number of hydrogen-bond acceptors (Lipinski definition) is 5. The number of carbonyl (C=O) groups is 4. The van der Waals surface area contributed by atoms with Crippen molar-refractivity contribution in [2.45, 2.75) is 122 Å². The van der Waals surface area contributed by atoms with Crippen molar-refractivity contribution >= 4 is 23.9 Å². The van der Waals surface area contributed by atoms with E-state index in [4.69, 9.17) is 4.74 Å². The van der Waals surface area contributed by atoms with E-state index >= 15 is 0 Å². The molecule has 0 radical (unpaired) electrons. The van der Waals surface area contributed by atoms with E-state index in [1.54, 1.807) is 0 Å². The largest absolute Gasteiger partial charge is 0.481 e. The molecule has 1 fully saturated rings. The molecule has 0 spiro atoms. The first-order chi connectivity index (χ1) is 17.7. The average molecular weight is 529 g/mol. The van der Waals surface area contributed by atoms with Gasteiger partial charge in [-0.25, -0.2) is 0 Å². The Kier molecular flexibility index (Phi) is 16.9. The highest BCUT2D eigenvalue weighted by molar-refractivity contribution is 5.80. The van der Waals surface area contributed by atoms with Gasteiger partial charge in [-0.15, -0.1) is 0 Å². The molecular formula is C28H48O9. The number of carboxylic acids is 4. The van der Waals surface area contributed by atoms with Crippen molar-refractivity contribution in [2.75, 3.05) is 6.61 Å². The van der Waals surface area contributed by atoms with Gasteiger partial charge in [-0.3, -0.25) is 19.2 Å². The minimum absolute atomic E-state index is 0.251. The van der Waals surface area contributed by atoms with E-state index in [0.717, 1.165) is 38.5 Å². The van der Waals surface area contributed by atoms with E-state index in [2.05, 4.69) is 6.92 Å². The number of rotatable bonds is 10. The van der Waals surface area contributed by atoms with Crippen LogP contribution >= 0.6 is 0 Å². The highest BCUT2D eigenvalue weighted by Gasteiger charge is 2.40. The zero-order chi connectivity index (χ0) is 27.6. The van der Waals surface area contributed by atoms with Crippen molar-refractivity contribution < 1.29 is 44.3 Å². The van der Waals surface area contributed by atoms with Crippen molar-refractivity contribution in [1.82, 2.24) is 0 Å². The molecule has 1 saturated carbocycles. The van der Waals surface area contributed by atoms with Crippen LogP contribution < -0.4 is 0 Å². The number of ether oxygens (including phenoxy) is 1. The van der Waals surface area contributed by atoms with Crippen LogP contribution in [-0.2, 0) is 23.9 Å². The van der Waals surface area contributed by atoms with Gasteiger partial charge in [-0.05, 0) is 32.1 Å². The lowest BCUT2D eigenvalue weighted by atomic mass is 9.81. The predicted molar refractivity (Wildman–Crippen MR) is 138 cm³/mol. The molecule has 37 heavy (non-hydrogen) atoms. The zero-order valence-corrected chi connectivity index (χ0v) is 22.4. The molecule has 0 bridgehead atoms. The lowest BCUT2D eigenvalue weighted by Gasteiger charge is -2.29. The van der Waals surface area contributed by atoms with Gasteiger partial charge in [0, 0.05) is 6.61 Å². The van der Waals surface area contributed by atoms with Crippen LogP contribution in [0.15, 0.2) is 0 Å². The monoisotopic (exact) mass is 528 g/mol. The van der Waals surface area contributed by atoms with Crippen molar-refractivity contribution in [1.29, 1.82) is 0 Å². The van der Waals surface area contributed by atoms with Crippen LogP contribution in [-0.4, -0.2) is 57.0 Å². The number of carboxylic acid groups (broad SMARTS) is 4. The molecule has 0 aromatic carbocycles. The van der Waals surface area contributed by atoms with E-state index in [-0.39, 0.29) is 6.42 Å². The molecule has 1 rings (SSSR count). The molecule has 1 aliphatic carbocycles. The maximum Gasteiger partial charge on any atom is 0.310 e. The van der Waals surface area contributed by atoms with Crippen LogP contribution in [0.2, 0.25) is 0 Å². The zero-order valence-electron chi connectivity index (χ0n) is 22.4. The summed E-state index contributed by atoms with van der Waals surface area (Å²) in [5.74, 6) is -8.33. The number of aliphatic carboxylic acids is 4. The summed E-state index contributed by atoms with van der Waals surface area (Å²) in [6.07, 6.45) is 10.4. The lowest BCUT2D eigenvalue weighted by molar-refractivity contribution is -0.161. The summed E-state index contributed by atoms with van der Waals surface area (Å²) in [5, 5.41) is 39.2. The van der Waals surface area contributed by atoms with Gasteiger partial charge >= 0.3 is 23.9 Å². The molecule has 1 aliphatic rings. The first-order valence-electron chi connectivity index (χ1n) is 14.2. The topological polar surface area (TPSA) is 158 Å². The first kappa shape index (κ1) is 32.9. The standard InChI is InChI=1S/C28H48O9/c1-2-3-4-14-19-37-23-18-13-9-8-11-16-21(26(31)32)20(25(29)30)15-10-6-5-7-12-17-22(27(33)34)24(23)28(35)36/h20-24H,2-19H2,1H3,(H,29,30)(H,31,32)(H,33,34)(H,35,36). The average Bonchev–Trinajstić information content (AvgIpc) is 2.83. The number of hydrogen-bond donors (Lipinski definition) is 4. The van der Waals surface area contributed by atoms with Crippen LogP contribution in [0.1, 0.15) is 116 Å². The van der Waals surface area contributed by atoms with Crippen LogP contribution in [0.3, 0.4) is 0 Å². The smallest absolute Gasteiger partial charge is 0.310 e. The molecular weight excluding hydrogens is 480 g/mol. The van der Waals surface area contributed by atoms with Crippen LogP contribution in [0.5, 0.6) is 0 Å². The van der Waals surface area contributed by atoms with Crippen LogP contribution in [0, 0.1) is 23.7 Å². The minimum Gasteiger partial charge on any atom is -0.481 e. The van der Waals surface area contributed by atoms with Crippen molar-refractivity contribution in [3.05, 3.63) is 0 Å². The fourth-order valence-corrected chi connectivity index (χ4v) is 5.49. The quantitative estimate of drug-likeness (QED) is 0.255. The second-order valence-corrected chi connectivity index (χ2v) is 10.5. The van der Waals surface area contributed by atoms with Gasteiger partial charge in [0.1, 0.15) is 0 Å². The van der Waals surface area contributed by atoms with Gasteiger partial charge in [0.25, 0.3) is 0 Å². The SMILES string of the molecule is CCCCCCOC1CCCCCCC(C(=O)O)C(C(=O)O)CCCCCCCC(C(=O)O)C1C(=O)O. The second kappa shape index (κ2) is 19.0. The Hall–Kier alpha value is -2.16. The van der Waals surface area contributed by atoms with Gasteiger partial charge in [0.2, 0.25) is 0 Å². The third-order valence-electron chi connectivity index (χ3n) is 7.67. The molecule has 9 nitrogen and oxygen atoms in total. The molecule has 214 valence electrons. The summed E-state index contributed by atoms with van der Waals surface area (Å²) >= 11 is 0. The van der Waals surface area contributed by atoms with E-state index < -0.39 is 53.7 Å². The summed E-state index contributed by atoms with van der Waals surface area (Å²) in [6, 6.07) is 0. The van der Waals surface area contributed by atoms with Crippen molar-refractivity contribution in [3.8, 4) is 0 Å². The van der Waals surface area contributed by atoms with E-state index in [9.17, 15) is 39.6 Å². The molecule has 0 aromatic heterocycles. The molecule has 9 heteroatoms. The highest BCUT2D eigenvalue weighted by atomic mass is 16.5. The summed E-state index contributed by atoms with van der Waals surface area (Å²) < 4.78 is 6.03. The Bertz CT molecular complexity index is 693. The Balaban J connectivity index is 2.98.